The first-order valence-electron chi connectivity index (χ1n) is 10.8. The molecule has 1 amide bonds. The summed E-state index contributed by atoms with van der Waals surface area (Å²) in [6.45, 7) is 3.49. The molecule has 0 saturated heterocycles. The van der Waals surface area contributed by atoms with E-state index in [1.54, 1.807) is 21.8 Å². The number of hydrogen-bond acceptors (Lipinski definition) is 4. The van der Waals surface area contributed by atoms with Gasteiger partial charge in [-0.2, -0.15) is 5.10 Å². The van der Waals surface area contributed by atoms with Crippen molar-refractivity contribution >= 4 is 16.9 Å². The van der Waals surface area contributed by atoms with Crippen LogP contribution in [0.25, 0.3) is 11.0 Å². The van der Waals surface area contributed by atoms with Gasteiger partial charge in [-0.15, -0.1) is 0 Å². The van der Waals surface area contributed by atoms with Gasteiger partial charge >= 0.3 is 0 Å². The summed E-state index contributed by atoms with van der Waals surface area (Å²) in [5.41, 5.74) is 2.69. The fourth-order valence-corrected chi connectivity index (χ4v) is 4.27. The molecular weight excluding hydrogens is 378 g/mol. The van der Waals surface area contributed by atoms with Crippen LogP contribution < -0.4 is 10.9 Å². The van der Waals surface area contributed by atoms with E-state index in [4.69, 9.17) is 0 Å². The van der Waals surface area contributed by atoms with Crippen molar-refractivity contribution in [2.75, 3.05) is 6.54 Å². The Morgan fingerprint density at radius 2 is 2.00 bits per heavy atom. The highest BCUT2D eigenvalue weighted by Gasteiger charge is 2.17. The molecule has 0 aliphatic heterocycles. The third-order valence-corrected chi connectivity index (χ3v) is 6.07. The molecule has 1 N–H and O–H groups in total. The molecule has 0 spiro atoms. The largest absolute Gasteiger partial charge is 0.354 e. The molecule has 2 heterocycles. The zero-order valence-electron chi connectivity index (χ0n) is 17.5. The second-order valence-corrected chi connectivity index (χ2v) is 8.27. The Hall–Kier alpha value is -2.96. The lowest BCUT2D eigenvalue weighted by Crippen LogP contribution is -2.29. The fourth-order valence-electron chi connectivity index (χ4n) is 4.27. The quantitative estimate of drug-likeness (QED) is 0.653. The number of rotatable bonds is 7. The van der Waals surface area contributed by atoms with Crippen molar-refractivity contribution in [3.05, 3.63) is 58.3 Å². The van der Waals surface area contributed by atoms with Crippen LogP contribution in [0, 0.1) is 12.8 Å². The lowest BCUT2D eigenvalue weighted by Gasteiger charge is -2.20. The standard InChI is InChI=1S/C23H29N5O2/c1-17-7-5-6-10-19(17)15-27-16-25-22-20(23(27)30)14-26-28(22)12-11-24-21(29)13-18-8-3-2-4-9-18/h5-7,10,14,16,18H,2-4,8-9,11-13,15H2,1H3,(H,24,29). The van der Waals surface area contributed by atoms with Crippen molar-refractivity contribution < 1.29 is 4.79 Å². The third-order valence-electron chi connectivity index (χ3n) is 6.07. The maximum absolute atomic E-state index is 12.9. The van der Waals surface area contributed by atoms with Crippen molar-refractivity contribution in [2.24, 2.45) is 5.92 Å². The Morgan fingerprint density at radius 3 is 2.80 bits per heavy atom. The van der Waals surface area contributed by atoms with Crippen LogP contribution in [-0.2, 0) is 17.9 Å². The summed E-state index contributed by atoms with van der Waals surface area (Å²) in [5, 5.41) is 7.81. The predicted octanol–water partition coefficient (Wildman–Crippen LogP) is 3.04. The minimum Gasteiger partial charge on any atom is -0.354 e. The first kappa shape index (κ1) is 20.3. The Bertz CT molecular complexity index is 1080. The summed E-state index contributed by atoms with van der Waals surface area (Å²) in [6.07, 6.45) is 9.87. The predicted molar refractivity (Wildman–Crippen MR) is 116 cm³/mol. The molecule has 158 valence electrons. The van der Waals surface area contributed by atoms with E-state index in [0.29, 0.717) is 43.0 Å². The number of aromatic nitrogens is 4. The van der Waals surface area contributed by atoms with Gasteiger partial charge in [-0.05, 0) is 36.8 Å². The van der Waals surface area contributed by atoms with Crippen LogP contribution in [0.1, 0.15) is 49.7 Å². The number of nitrogens with one attached hydrogen (secondary N) is 1. The number of aryl methyl sites for hydroxylation is 1. The molecule has 7 nitrogen and oxygen atoms in total. The highest BCUT2D eigenvalue weighted by Crippen LogP contribution is 2.26. The summed E-state index contributed by atoms with van der Waals surface area (Å²) in [6, 6.07) is 8.01. The topological polar surface area (TPSA) is 81.8 Å². The van der Waals surface area contributed by atoms with Crippen LogP contribution in [0.15, 0.2) is 41.6 Å². The lowest BCUT2D eigenvalue weighted by molar-refractivity contribution is -0.122. The minimum absolute atomic E-state index is 0.101. The van der Waals surface area contributed by atoms with Gasteiger partial charge in [0, 0.05) is 13.0 Å². The second kappa shape index (κ2) is 9.24. The molecule has 1 aliphatic carbocycles. The Kier molecular flexibility index (Phi) is 6.26. The van der Waals surface area contributed by atoms with Crippen LogP contribution in [0.5, 0.6) is 0 Å². The summed E-state index contributed by atoms with van der Waals surface area (Å²) in [4.78, 5) is 29.5. The summed E-state index contributed by atoms with van der Waals surface area (Å²) < 4.78 is 3.30. The molecule has 1 saturated carbocycles. The molecular formula is C23H29N5O2. The maximum Gasteiger partial charge on any atom is 0.264 e. The number of carbonyl (C=O) groups excluding carboxylic acids is 1. The van der Waals surface area contributed by atoms with E-state index in [0.717, 1.165) is 24.0 Å². The van der Waals surface area contributed by atoms with Gasteiger partial charge in [-0.3, -0.25) is 14.2 Å². The van der Waals surface area contributed by atoms with Gasteiger partial charge in [0.05, 0.1) is 19.3 Å². The van der Waals surface area contributed by atoms with Crippen LogP contribution in [0.3, 0.4) is 0 Å². The third kappa shape index (κ3) is 4.61. The number of fused-ring (bicyclic) bond motifs is 1. The maximum atomic E-state index is 12.9. The van der Waals surface area contributed by atoms with Gasteiger partial charge in [-0.1, -0.05) is 43.5 Å². The molecule has 4 rings (SSSR count). The van der Waals surface area contributed by atoms with E-state index >= 15 is 0 Å². The van der Waals surface area contributed by atoms with Gasteiger partial charge < -0.3 is 5.32 Å². The molecule has 0 bridgehead atoms. The summed E-state index contributed by atoms with van der Waals surface area (Å²) in [5.74, 6) is 0.629. The average molecular weight is 408 g/mol. The molecule has 1 fully saturated rings. The first-order chi connectivity index (χ1) is 14.6. The van der Waals surface area contributed by atoms with Gasteiger partial charge in [-0.25, -0.2) is 9.67 Å². The van der Waals surface area contributed by atoms with Crippen LogP contribution >= 0.6 is 0 Å². The highest BCUT2D eigenvalue weighted by molar-refractivity contribution is 5.76. The van der Waals surface area contributed by atoms with E-state index in [-0.39, 0.29) is 11.5 Å². The van der Waals surface area contributed by atoms with Crippen molar-refractivity contribution in [2.45, 2.75) is 58.5 Å². The van der Waals surface area contributed by atoms with Gasteiger partial charge in [0.2, 0.25) is 5.91 Å². The summed E-state index contributed by atoms with van der Waals surface area (Å²) >= 11 is 0. The Morgan fingerprint density at radius 1 is 1.20 bits per heavy atom. The van der Waals surface area contributed by atoms with Crippen molar-refractivity contribution in [1.82, 2.24) is 24.6 Å². The molecule has 2 aromatic heterocycles. The van der Waals surface area contributed by atoms with E-state index in [1.807, 2.05) is 31.2 Å². The molecule has 0 atom stereocenters. The number of hydrogen-bond donors (Lipinski definition) is 1. The molecule has 3 aromatic rings. The molecule has 7 heteroatoms. The van der Waals surface area contributed by atoms with Gasteiger partial charge in [0.25, 0.3) is 5.56 Å². The molecule has 1 aromatic carbocycles. The molecule has 0 unspecified atom stereocenters. The van der Waals surface area contributed by atoms with Crippen LogP contribution in [0.4, 0.5) is 0 Å². The number of benzene rings is 1. The Labute approximate surface area is 176 Å². The molecule has 1 aliphatic rings. The number of carbonyl (C=O) groups is 1. The number of nitrogens with zero attached hydrogens (tertiary/aromatic N) is 4. The monoisotopic (exact) mass is 407 g/mol. The summed E-state index contributed by atoms with van der Waals surface area (Å²) in [7, 11) is 0. The SMILES string of the molecule is Cc1ccccc1Cn1cnc2c(cnn2CCNC(=O)CC2CCCCC2)c1=O. The van der Waals surface area contributed by atoms with Gasteiger partial charge in [0.1, 0.15) is 11.7 Å². The first-order valence-corrected chi connectivity index (χ1v) is 10.8. The van der Waals surface area contributed by atoms with E-state index < -0.39 is 0 Å². The van der Waals surface area contributed by atoms with Gasteiger partial charge in [0.15, 0.2) is 5.65 Å². The molecule has 30 heavy (non-hydrogen) atoms. The average Bonchev–Trinajstić information content (AvgIpc) is 3.16. The molecule has 0 radical (unpaired) electrons. The zero-order valence-corrected chi connectivity index (χ0v) is 17.5. The van der Waals surface area contributed by atoms with Crippen molar-refractivity contribution in [1.29, 1.82) is 0 Å². The van der Waals surface area contributed by atoms with E-state index in [2.05, 4.69) is 15.4 Å². The minimum atomic E-state index is -0.101. The Balaban J connectivity index is 1.38. The second-order valence-electron chi connectivity index (χ2n) is 8.27. The normalized spacial score (nSPS) is 14.8. The lowest BCUT2D eigenvalue weighted by atomic mass is 9.87. The fraction of sp³-hybridized carbons (Fsp3) is 0.478. The zero-order chi connectivity index (χ0) is 20.9. The smallest absolute Gasteiger partial charge is 0.264 e. The van der Waals surface area contributed by atoms with E-state index in [9.17, 15) is 9.59 Å². The van der Waals surface area contributed by atoms with E-state index in [1.165, 1.54) is 19.3 Å². The van der Waals surface area contributed by atoms with Crippen LogP contribution in [-0.4, -0.2) is 31.8 Å². The van der Waals surface area contributed by atoms with Crippen LogP contribution in [0.2, 0.25) is 0 Å². The number of amides is 1. The van der Waals surface area contributed by atoms with Crippen molar-refractivity contribution in [3.63, 3.8) is 0 Å². The van der Waals surface area contributed by atoms with Crippen molar-refractivity contribution in [3.8, 4) is 0 Å². The highest BCUT2D eigenvalue weighted by atomic mass is 16.1.